The number of aliphatic hydroxyl groups is 2. The van der Waals surface area contributed by atoms with E-state index in [2.05, 4.69) is 29.0 Å². The van der Waals surface area contributed by atoms with E-state index < -0.39 is 6.10 Å². The van der Waals surface area contributed by atoms with Crippen molar-refractivity contribution in [3.63, 3.8) is 0 Å². The second kappa shape index (κ2) is 6.29. The number of hydrogen-bond donors (Lipinski definition) is 2. The van der Waals surface area contributed by atoms with Gasteiger partial charge in [0, 0.05) is 32.2 Å². The Morgan fingerprint density at radius 2 is 2.00 bits per heavy atom. The molecule has 1 aliphatic heterocycles. The van der Waals surface area contributed by atoms with Crippen molar-refractivity contribution >= 4 is 0 Å². The number of β-amino-alcohol motifs (C(OH)–C–C–N with tert-alkyl or cyclic N) is 1. The summed E-state index contributed by atoms with van der Waals surface area (Å²) in [6.07, 6.45) is -0.653. The van der Waals surface area contributed by atoms with E-state index in [1.54, 1.807) is 0 Å². The van der Waals surface area contributed by atoms with Gasteiger partial charge in [0.2, 0.25) is 0 Å². The topological polar surface area (TPSA) is 46.9 Å². The monoisotopic (exact) mass is 250 g/mol. The average molecular weight is 250 g/mol. The molecule has 1 aromatic rings. The Morgan fingerprint density at radius 1 is 1.28 bits per heavy atom. The van der Waals surface area contributed by atoms with Crippen LogP contribution >= 0.6 is 0 Å². The molecule has 2 N–H and O–H groups in total. The number of aliphatic hydroxyl groups excluding tert-OH is 2. The molecule has 100 valence electrons. The third kappa shape index (κ3) is 3.29. The first kappa shape index (κ1) is 13.5. The smallest absolute Gasteiger partial charge is 0.0897 e. The van der Waals surface area contributed by atoms with Gasteiger partial charge in [-0.3, -0.25) is 4.90 Å². The lowest BCUT2D eigenvalue weighted by Crippen LogP contribution is -2.49. The van der Waals surface area contributed by atoms with Gasteiger partial charge in [0.25, 0.3) is 0 Å². The van der Waals surface area contributed by atoms with E-state index in [0.29, 0.717) is 12.6 Å². The number of nitrogens with zero attached hydrogens (tertiary/aromatic N) is 2. The molecule has 0 aliphatic carbocycles. The first-order valence-corrected chi connectivity index (χ1v) is 6.47. The molecule has 0 bridgehead atoms. The van der Waals surface area contributed by atoms with Gasteiger partial charge < -0.3 is 15.1 Å². The zero-order chi connectivity index (χ0) is 13.0. The van der Waals surface area contributed by atoms with Gasteiger partial charge in [-0.2, -0.15) is 0 Å². The standard InChI is InChI=1S/C14H22N2O2/c1-15-7-8-16(9-13(18)11-17)14(10-15)12-5-3-2-4-6-12/h2-6,13-14,17-18H,7-11H2,1H3. The second-order valence-corrected chi connectivity index (χ2v) is 5.02. The van der Waals surface area contributed by atoms with Crippen molar-refractivity contribution in [3.8, 4) is 0 Å². The zero-order valence-electron chi connectivity index (χ0n) is 10.9. The number of likely N-dealkylation sites (N-methyl/N-ethyl adjacent to an activating group) is 1. The van der Waals surface area contributed by atoms with Crippen molar-refractivity contribution in [3.05, 3.63) is 35.9 Å². The Labute approximate surface area is 108 Å². The maximum atomic E-state index is 9.64. The molecular formula is C14H22N2O2. The molecular weight excluding hydrogens is 228 g/mol. The maximum absolute atomic E-state index is 9.64. The fourth-order valence-electron chi connectivity index (χ4n) is 2.50. The summed E-state index contributed by atoms with van der Waals surface area (Å²) in [6.45, 7) is 3.24. The van der Waals surface area contributed by atoms with Crippen molar-refractivity contribution in [2.75, 3.05) is 39.8 Å². The fourth-order valence-corrected chi connectivity index (χ4v) is 2.50. The first-order valence-electron chi connectivity index (χ1n) is 6.47. The largest absolute Gasteiger partial charge is 0.394 e. The summed E-state index contributed by atoms with van der Waals surface area (Å²) < 4.78 is 0. The van der Waals surface area contributed by atoms with Crippen LogP contribution in [0.4, 0.5) is 0 Å². The molecule has 2 unspecified atom stereocenters. The highest BCUT2D eigenvalue weighted by Gasteiger charge is 2.27. The number of rotatable bonds is 4. The van der Waals surface area contributed by atoms with Gasteiger partial charge >= 0.3 is 0 Å². The van der Waals surface area contributed by atoms with E-state index in [1.165, 1.54) is 5.56 Å². The van der Waals surface area contributed by atoms with Gasteiger partial charge in [0.15, 0.2) is 0 Å². The molecule has 0 saturated carbocycles. The Morgan fingerprint density at radius 3 is 2.67 bits per heavy atom. The molecule has 1 aliphatic rings. The minimum atomic E-state index is -0.653. The predicted molar refractivity (Wildman–Crippen MR) is 71.3 cm³/mol. The van der Waals surface area contributed by atoms with Gasteiger partial charge in [0.1, 0.15) is 0 Å². The third-order valence-corrected chi connectivity index (χ3v) is 3.53. The lowest BCUT2D eigenvalue weighted by Gasteiger charge is -2.41. The SMILES string of the molecule is CN1CCN(CC(O)CO)C(c2ccccc2)C1. The van der Waals surface area contributed by atoms with Crippen LogP contribution in [-0.4, -0.2) is 66.0 Å². The predicted octanol–water partition coefficient (Wildman–Crippen LogP) is 0.328. The Kier molecular flexibility index (Phi) is 4.72. The normalized spacial score (nSPS) is 24.1. The molecule has 1 fully saturated rings. The lowest BCUT2D eigenvalue weighted by atomic mass is 10.0. The van der Waals surface area contributed by atoms with Crippen LogP contribution in [0.25, 0.3) is 0 Å². The number of hydrogen-bond acceptors (Lipinski definition) is 4. The van der Waals surface area contributed by atoms with Gasteiger partial charge in [-0.15, -0.1) is 0 Å². The van der Waals surface area contributed by atoms with Crippen molar-refractivity contribution in [1.82, 2.24) is 9.80 Å². The second-order valence-electron chi connectivity index (χ2n) is 5.02. The highest BCUT2D eigenvalue weighted by atomic mass is 16.3. The summed E-state index contributed by atoms with van der Waals surface area (Å²) >= 11 is 0. The minimum absolute atomic E-state index is 0.173. The van der Waals surface area contributed by atoms with Crippen molar-refractivity contribution in [2.45, 2.75) is 12.1 Å². The van der Waals surface area contributed by atoms with Gasteiger partial charge in [0.05, 0.1) is 12.7 Å². The number of piperazine rings is 1. The van der Waals surface area contributed by atoms with Gasteiger partial charge in [-0.25, -0.2) is 0 Å². The van der Waals surface area contributed by atoms with Crippen molar-refractivity contribution in [2.24, 2.45) is 0 Å². The number of benzene rings is 1. The van der Waals surface area contributed by atoms with Crippen LogP contribution in [0, 0.1) is 0 Å². The van der Waals surface area contributed by atoms with Crippen LogP contribution in [0.5, 0.6) is 0 Å². The fraction of sp³-hybridized carbons (Fsp3) is 0.571. The van der Waals surface area contributed by atoms with Crippen LogP contribution in [0.2, 0.25) is 0 Å². The van der Waals surface area contributed by atoms with E-state index >= 15 is 0 Å². The molecule has 0 spiro atoms. The molecule has 1 aromatic carbocycles. The first-order chi connectivity index (χ1) is 8.70. The molecule has 1 saturated heterocycles. The van der Waals surface area contributed by atoms with Crippen LogP contribution in [0.1, 0.15) is 11.6 Å². The summed E-state index contributed by atoms with van der Waals surface area (Å²) in [5.41, 5.74) is 1.27. The van der Waals surface area contributed by atoms with E-state index in [0.717, 1.165) is 19.6 Å². The molecule has 18 heavy (non-hydrogen) atoms. The average Bonchev–Trinajstić information content (AvgIpc) is 2.41. The highest BCUT2D eigenvalue weighted by Crippen LogP contribution is 2.24. The molecule has 1 heterocycles. The zero-order valence-corrected chi connectivity index (χ0v) is 10.9. The molecule has 2 rings (SSSR count). The van der Waals surface area contributed by atoms with Crippen molar-refractivity contribution in [1.29, 1.82) is 0 Å². The van der Waals surface area contributed by atoms with Crippen LogP contribution < -0.4 is 0 Å². The van der Waals surface area contributed by atoms with E-state index in [4.69, 9.17) is 5.11 Å². The molecule has 0 radical (unpaired) electrons. The maximum Gasteiger partial charge on any atom is 0.0897 e. The molecule has 0 aromatic heterocycles. The lowest BCUT2D eigenvalue weighted by molar-refractivity contribution is 0.0168. The summed E-state index contributed by atoms with van der Waals surface area (Å²) in [6, 6.07) is 10.7. The summed E-state index contributed by atoms with van der Waals surface area (Å²) in [7, 11) is 2.12. The summed E-state index contributed by atoms with van der Waals surface area (Å²) in [4.78, 5) is 4.57. The third-order valence-electron chi connectivity index (χ3n) is 3.53. The van der Waals surface area contributed by atoms with Crippen LogP contribution in [0.15, 0.2) is 30.3 Å². The van der Waals surface area contributed by atoms with Crippen LogP contribution in [-0.2, 0) is 0 Å². The van der Waals surface area contributed by atoms with E-state index in [1.807, 2.05) is 18.2 Å². The van der Waals surface area contributed by atoms with E-state index in [9.17, 15) is 5.11 Å². The highest BCUT2D eigenvalue weighted by molar-refractivity contribution is 5.20. The molecule has 4 nitrogen and oxygen atoms in total. The van der Waals surface area contributed by atoms with E-state index in [-0.39, 0.29) is 6.61 Å². The van der Waals surface area contributed by atoms with Gasteiger partial charge in [-0.1, -0.05) is 30.3 Å². The Bertz CT molecular complexity index is 358. The van der Waals surface area contributed by atoms with Gasteiger partial charge in [-0.05, 0) is 12.6 Å². The molecule has 4 heteroatoms. The summed E-state index contributed by atoms with van der Waals surface area (Å²) in [5.74, 6) is 0. The molecule has 0 amide bonds. The molecule has 2 atom stereocenters. The van der Waals surface area contributed by atoms with Crippen molar-refractivity contribution < 1.29 is 10.2 Å². The Hall–Kier alpha value is -0.940. The minimum Gasteiger partial charge on any atom is -0.394 e. The summed E-state index contributed by atoms with van der Waals surface area (Å²) in [5, 5.41) is 18.6. The quantitative estimate of drug-likeness (QED) is 0.808. The Balaban J connectivity index is 2.11. The van der Waals surface area contributed by atoms with Crippen LogP contribution in [0.3, 0.4) is 0 Å².